The molecule has 0 atom stereocenters. The van der Waals surface area contributed by atoms with Gasteiger partial charge < -0.3 is 5.32 Å². The Bertz CT molecular complexity index is 352. The Hall–Kier alpha value is -0.540. The number of hydrogen-bond donors (Lipinski definition) is 1. The maximum atomic E-state index is 11.6. The molecule has 1 N–H and O–H groups in total. The number of carbonyl (C=O) groups excluding carboxylic acids is 1. The van der Waals surface area contributed by atoms with E-state index in [0.29, 0.717) is 10.6 Å². The summed E-state index contributed by atoms with van der Waals surface area (Å²) in [6.45, 7) is 3.81. The van der Waals surface area contributed by atoms with Crippen LogP contribution in [0.15, 0.2) is 22.7 Å². The molecule has 1 aromatic rings. The molecule has 0 fully saturated rings. The first-order valence-electron chi connectivity index (χ1n) is 4.26. The molecule has 0 spiro atoms. The number of rotatable bonds is 2. The van der Waals surface area contributed by atoms with E-state index in [1.165, 1.54) is 0 Å². The van der Waals surface area contributed by atoms with Crippen molar-refractivity contribution in [3.8, 4) is 0 Å². The van der Waals surface area contributed by atoms with Crippen molar-refractivity contribution in [2.45, 2.75) is 19.9 Å². The maximum Gasteiger partial charge on any atom is 0.253 e. The number of benzene rings is 1. The third-order valence-corrected chi connectivity index (χ3v) is 2.42. The fourth-order valence-electron chi connectivity index (χ4n) is 1.01. The molecule has 0 bridgehead atoms. The lowest BCUT2D eigenvalue weighted by Crippen LogP contribution is -2.30. The topological polar surface area (TPSA) is 29.1 Å². The Morgan fingerprint density at radius 2 is 2.14 bits per heavy atom. The zero-order chi connectivity index (χ0) is 10.7. The van der Waals surface area contributed by atoms with E-state index >= 15 is 0 Å². The van der Waals surface area contributed by atoms with Crippen LogP contribution in [0.3, 0.4) is 0 Å². The van der Waals surface area contributed by atoms with E-state index in [-0.39, 0.29) is 11.9 Å². The molecule has 0 aliphatic carbocycles. The number of nitrogens with one attached hydrogen (secondary N) is 1. The van der Waals surface area contributed by atoms with Gasteiger partial charge in [0.25, 0.3) is 5.91 Å². The summed E-state index contributed by atoms with van der Waals surface area (Å²) in [5.74, 6) is -0.147. The Balaban J connectivity index is 2.94. The molecular weight excluding hydrogens is 265 g/mol. The number of halogens is 2. The highest BCUT2D eigenvalue weighted by Crippen LogP contribution is 2.20. The normalized spacial score (nSPS) is 10.4. The van der Waals surface area contributed by atoms with Gasteiger partial charge in [-0.15, -0.1) is 0 Å². The minimum Gasteiger partial charge on any atom is -0.350 e. The molecule has 0 aliphatic rings. The van der Waals surface area contributed by atoms with Crippen LogP contribution in [0.5, 0.6) is 0 Å². The van der Waals surface area contributed by atoms with Crippen LogP contribution < -0.4 is 5.32 Å². The Morgan fingerprint density at radius 3 is 2.71 bits per heavy atom. The van der Waals surface area contributed by atoms with E-state index < -0.39 is 0 Å². The Kier molecular flexibility index (Phi) is 3.96. The van der Waals surface area contributed by atoms with Crippen LogP contribution in [-0.2, 0) is 0 Å². The average Bonchev–Trinajstić information content (AvgIpc) is 2.08. The molecule has 1 amide bonds. The van der Waals surface area contributed by atoms with Gasteiger partial charge >= 0.3 is 0 Å². The third-order valence-electron chi connectivity index (χ3n) is 1.59. The van der Waals surface area contributed by atoms with Gasteiger partial charge in [0, 0.05) is 10.5 Å². The van der Waals surface area contributed by atoms with Crippen LogP contribution in [0.2, 0.25) is 5.02 Å². The van der Waals surface area contributed by atoms with Crippen LogP contribution in [0.25, 0.3) is 0 Å². The molecule has 0 saturated carbocycles. The quantitative estimate of drug-likeness (QED) is 0.883. The fourth-order valence-corrected chi connectivity index (χ4v) is 1.58. The van der Waals surface area contributed by atoms with Gasteiger partial charge in [0.15, 0.2) is 0 Å². The smallest absolute Gasteiger partial charge is 0.253 e. The Labute approximate surface area is 96.8 Å². The van der Waals surface area contributed by atoms with E-state index in [0.717, 1.165) is 4.47 Å². The molecule has 0 aromatic heterocycles. The molecule has 1 rings (SSSR count). The molecule has 0 heterocycles. The zero-order valence-electron chi connectivity index (χ0n) is 7.97. The highest BCUT2D eigenvalue weighted by molar-refractivity contribution is 9.10. The largest absolute Gasteiger partial charge is 0.350 e. The summed E-state index contributed by atoms with van der Waals surface area (Å²) in [5.41, 5.74) is 0.495. The van der Waals surface area contributed by atoms with Crippen LogP contribution >= 0.6 is 27.5 Å². The number of amides is 1. The standard InChI is InChI=1S/C10H11BrClNO/c1-6(2)13-10(14)8-5-7(11)3-4-9(8)12/h3-6H,1-2H3,(H,13,14). The first-order valence-corrected chi connectivity index (χ1v) is 5.43. The van der Waals surface area contributed by atoms with Crippen molar-refractivity contribution in [1.82, 2.24) is 5.32 Å². The Morgan fingerprint density at radius 1 is 1.50 bits per heavy atom. The van der Waals surface area contributed by atoms with Crippen molar-refractivity contribution in [1.29, 1.82) is 0 Å². The molecule has 2 nitrogen and oxygen atoms in total. The van der Waals surface area contributed by atoms with Crippen molar-refractivity contribution in [2.75, 3.05) is 0 Å². The second-order valence-corrected chi connectivity index (χ2v) is 4.58. The van der Waals surface area contributed by atoms with Gasteiger partial charge in [0.1, 0.15) is 0 Å². The van der Waals surface area contributed by atoms with Gasteiger partial charge in [0.05, 0.1) is 10.6 Å². The van der Waals surface area contributed by atoms with E-state index in [9.17, 15) is 4.79 Å². The second-order valence-electron chi connectivity index (χ2n) is 3.25. The van der Waals surface area contributed by atoms with E-state index in [2.05, 4.69) is 21.2 Å². The summed E-state index contributed by atoms with van der Waals surface area (Å²) in [5, 5.41) is 3.25. The second kappa shape index (κ2) is 4.80. The molecule has 0 saturated heterocycles. The van der Waals surface area contributed by atoms with Crippen molar-refractivity contribution in [2.24, 2.45) is 0 Å². The fraction of sp³-hybridized carbons (Fsp3) is 0.300. The summed E-state index contributed by atoms with van der Waals surface area (Å²) < 4.78 is 0.843. The van der Waals surface area contributed by atoms with Gasteiger partial charge in [0.2, 0.25) is 0 Å². The molecule has 4 heteroatoms. The van der Waals surface area contributed by atoms with Crippen molar-refractivity contribution >= 4 is 33.4 Å². The van der Waals surface area contributed by atoms with Crippen LogP contribution in [0, 0.1) is 0 Å². The maximum absolute atomic E-state index is 11.6. The van der Waals surface area contributed by atoms with Gasteiger partial charge in [-0.1, -0.05) is 27.5 Å². The van der Waals surface area contributed by atoms with Crippen LogP contribution in [0.4, 0.5) is 0 Å². The van der Waals surface area contributed by atoms with E-state index in [1.807, 2.05) is 13.8 Å². The molecule has 1 aromatic carbocycles. The minimum absolute atomic E-state index is 0.109. The SMILES string of the molecule is CC(C)NC(=O)c1cc(Br)ccc1Cl. The summed E-state index contributed by atoms with van der Waals surface area (Å²) in [4.78, 5) is 11.6. The molecule has 0 aliphatic heterocycles. The summed E-state index contributed by atoms with van der Waals surface area (Å²) in [6, 6.07) is 5.31. The highest BCUT2D eigenvalue weighted by atomic mass is 79.9. The summed E-state index contributed by atoms with van der Waals surface area (Å²) in [7, 11) is 0. The monoisotopic (exact) mass is 275 g/mol. The number of carbonyl (C=O) groups is 1. The molecule has 76 valence electrons. The first-order chi connectivity index (χ1) is 6.50. The zero-order valence-corrected chi connectivity index (χ0v) is 10.3. The van der Waals surface area contributed by atoms with Gasteiger partial charge in [-0.2, -0.15) is 0 Å². The molecule has 0 unspecified atom stereocenters. The molecule has 14 heavy (non-hydrogen) atoms. The van der Waals surface area contributed by atoms with Crippen molar-refractivity contribution < 1.29 is 4.79 Å². The minimum atomic E-state index is -0.147. The van der Waals surface area contributed by atoms with Crippen LogP contribution in [0.1, 0.15) is 24.2 Å². The first kappa shape index (κ1) is 11.5. The summed E-state index contributed by atoms with van der Waals surface area (Å²) in [6.07, 6.45) is 0. The van der Waals surface area contributed by atoms with E-state index in [4.69, 9.17) is 11.6 Å². The van der Waals surface area contributed by atoms with Gasteiger partial charge in [-0.3, -0.25) is 4.79 Å². The lowest BCUT2D eigenvalue weighted by atomic mass is 10.2. The third kappa shape index (κ3) is 3.00. The highest BCUT2D eigenvalue weighted by Gasteiger charge is 2.11. The van der Waals surface area contributed by atoms with Gasteiger partial charge in [-0.05, 0) is 32.0 Å². The predicted octanol–water partition coefficient (Wildman–Crippen LogP) is 3.24. The van der Waals surface area contributed by atoms with Crippen molar-refractivity contribution in [3.05, 3.63) is 33.3 Å². The number of hydrogen-bond acceptors (Lipinski definition) is 1. The molecular formula is C10H11BrClNO. The predicted molar refractivity (Wildman–Crippen MR) is 61.8 cm³/mol. The summed E-state index contributed by atoms with van der Waals surface area (Å²) >= 11 is 9.19. The van der Waals surface area contributed by atoms with Gasteiger partial charge in [-0.25, -0.2) is 0 Å². The lowest BCUT2D eigenvalue weighted by Gasteiger charge is -2.09. The molecule has 0 radical (unpaired) electrons. The van der Waals surface area contributed by atoms with Crippen LogP contribution in [-0.4, -0.2) is 11.9 Å². The van der Waals surface area contributed by atoms with Crippen molar-refractivity contribution in [3.63, 3.8) is 0 Å². The lowest BCUT2D eigenvalue weighted by molar-refractivity contribution is 0.0943. The average molecular weight is 277 g/mol. The van der Waals surface area contributed by atoms with E-state index in [1.54, 1.807) is 18.2 Å².